The van der Waals surface area contributed by atoms with Gasteiger partial charge in [0.15, 0.2) is 0 Å². The lowest BCUT2D eigenvalue weighted by Crippen LogP contribution is -2.18. The first-order valence-electron chi connectivity index (χ1n) is 12.5. The van der Waals surface area contributed by atoms with Gasteiger partial charge in [-0.25, -0.2) is 0 Å². The Morgan fingerprint density at radius 3 is 1.33 bits per heavy atom. The van der Waals surface area contributed by atoms with Gasteiger partial charge in [-0.15, -0.1) is 0 Å². The Labute approximate surface area is 203 Å². The van der Waals surface area contributed by atoms with Crippen LogP contribution in [0, 0.1) is 25.2 Å². The molecule has 2 aromatic carbocycles. The second-order valence-corrected chi connectivity index (χ2v) is 13.7. The second kappa shape index (κ2) is 9.35. The largest absolute Gasteiger partial charge is 0.507 e. The zero-order valence-electron chi connectivity index (χ0n) is 23.3. The third kappa shape index (κ3) is 6.78. The van der Waals surface area contributed by atoms with Crippen LogP contribution < -0.4 is 0 Å². The number of aromatic hydroxyl groups is 2. The van der Waals surface area contributed by atoms with Gasteiger partial charge in [0, 0.05) is 17.0 Å². The van der Waals surface area contributed by atoms with E-state index in [9.17, 15) is 10.2 Å². The Bertz CT molecular complexity index is 908. The quantitative estimate of drug-likeness (QED) is 0.475. The van der Waals surface area contributed by atoms with Gasteiger partial charge >= 0.3 is 0 Å². The molecule has 1 atom stereocenters. The van der Waals surface area contributed by atoms with Gasteiger partial charge in [-0.3, -0.25) is 0 Å². The van der Waals surface area contributed by atoms with E-state index in [1.165, 1.54) is 0 Å². The van der Waals surface area contributed by atoms with Gasteiger partial charge in [0.2, 0.25) is 0 Å². The monoisotopic (exact) mass is 452 g/mol. The molecule has 2 aromatic rings. The molecule has 0 heterocycles. The summed E-state index contributed by atoms with van der Waals surface area (Å²) in [6.45, 7) is 26.2. The van der Waals surface area contributed by atoms with E-state index in [2.05, 4.69) is 107 Å². The highest BCUT2D eigenvalue weighted by Gasteiger charge is 2.31. The van der Waals surface area contributed by atoms with Crippen molar-refractivity contribution in [3.8, 4) is 11.5 Å². The van der Waals surface area contributed by atoms with Gasteiger partial charge in [0.05, 0.1) is 0 Å². The van der Waals surface area contributed by atoms with Gasteiger partial charge < -0.3 is 10.2 Å². The molecule has 1 unspecified atom stereocenters. The standard InChI is InChI=1S/C31H48O2/c1-19-13-23(27(32)25(16-19)30(7,8)9)22(15-21(3)18-29(4,5)6)24-14-20(2)17-26(28(24)33)31(10,11)12/h13-14,16-17,21-22,32-33H,15,18H2,1-12H3. The molecule has 0 aliphatic heterocycles. The topological polar surface area (TPSA) is 40.5 Å². The molecule has 0 aliphatic rings. The van der Waals surface area contributed by atoms with Crippen LogP contribution in [-0.2, 0) is 10.8 Å². The van der Waals surface area contributed by atoms with Crippen molar-refractivity contribution in [3.63, 3.8) is 0 Å². The van der Waals surface area contributed by atoms with Crippen molar-refractivity contribution in [2.45, 2.75) is 113 Å². The number of hydrogen-bond acceptors (Lipinski definition) is 2. The maximum absolute atomic E-state index is 11.5. The third-order valence-corrected chi connectivity index (χ3v) is 6.53. The van der Waals surface area contributed by atoms with Crippen LogP contribution >= 0.6 is 0 Å². The Morgan fingerprint density at radius 1 is 0.667 bits per heavy atom. The van der Waals surface area contributed by atoms with Crippen LogP contribution in [0.1, 0.15) is 121 Å². The lowest BCUT2D eigenvalue weighted by molar-refractivity contribution is 0.288. The van der Waals surface area contributed by atoms with Crippen LogP contribution in [0.3, 0.4) is 0 Å². The van der Waals surface area contributed by atoms with Gasteiger partial charge in [-0.2, -0.15) is 0 Å². The number of phenols is 2. The van der Waals surface area contributed by atoms with Crippen molar-refractivity contribution in [2.75, 3.05) is 0 Å². The molecule has 0 aromatic heterocycles. The highest BCUT2D eigenvalue weighted by molar-refractivity contribution is 5.56. The van der Waals surface area contributed by atoms with Crippen LogP contribution in [-0.4, -0.2) is 10.2 Å². The molecule has 2 heteroatoms. The highest BCUT2D eigenvalue weighted by atomic mass is 16.3. The van der Waals surface area contributed by atoms with E-state index in [1.54, 1.807) is 0 Å². The van der Waals surface area contributed by atoms with Crippen molar-refractivity contribution < 1.29 is 10.2 Å². The minimum atomic E-state index is -0.169. The van der Waals surface area contributed by atoms with Crippen molar-refractivity contribution in [3.05, 3.63) is 57.6 Å². The fourth-order valence-electron chi connectivity index (χ4n) is 5.24. The molecular weight excluding hydrogens is 404 g/mol. The number of aryl methyl sites for hydroxylation is 2. The first-order chi connectivity index (χ1) is 14.8. The van der Waals surface area contributed by atoms with Gasteiger partial charge in [0.25, 0.3) is 0 Å². The molecule has 0 saturated carbocycles. The van der Waals surface area contributed by atoms with Gasteiger partial charge in [0.1, 0.15) is 11.5 Å². The summed E-state index contributed by atoms with van der Waals surface area (Å²) in [5.74, 6) is 1.11. The predicted molar refractivity (Wildman–Crippen MR) is 143 cm³/mol. The molecule has 33 heavy (non-hydrogen) atoms. The zero-order valence-corrected chi connectivity index (χ0v) is 23.3. The lowest BCUT2D eigenvalue weighted by Gasteiger charge is -2.31. The average Bonchev–Trinajstić information content (AvgIpc) is 2.60. The van der Waals surface area contributed by atoms with Crippen molar-refractivity contribution in [2.24, 2.45) is 11.3 Å². The smallest absolute Gasteiger partial charge is 0.123 e. The molecule has 2 N–H and O–H groups in total. The summed E-state index contributed by atoms with van der Waals surface area (Å²) in [6.07, 6.45) is 1.96. The number of phenolic OH excluding ortho intramolecular Hbond substituents is 2. The van der Waals surface area contributed by atoms with E-state index in [0.717, 1.165) is 46.2 Å². The number of benzene rings is 2. The minimum Gasteiger partial charge on any atom is -0.507 e. The summed E-state index contributed by atoms with van der Waals surface area (Å²) in [5.41, 5.74) is 5.97. The van der Waals surface area contributed by atoms with Crippen molar-refractivity contribution in [1.82, 2.24) is 0 Å². The third-order valence-electron chi connectivity index (χ3n) is 6.53. The van der Waals surface area contributed by atoms with Gasteiger partial charge in [-0.1, -0.05) is 105 Å². The van der Waals surface area contributed by atoms with Crippen LogP contribution in [0.4, 0.5) is 0 Å². The van der Waals surface area contributed by atoms with Crippen LogP contribution in [0.15, 0.2) is 24.3 Å². The van der Waals surface area contributed by atoms with E-state index in [0.29, 0.717) is 17.4 Å². The summed E-state index contributed by atoms with van der Waals surface area (Å²) in [7, 11) is 0. The summed E-state index contributed by atoms with van der Waals surface area (Å²) in [5, 5.41) is 23.1. The normalized spacial score (nSPS) is 14.1. The SMILES string of the molecule is Cc1cc(C(CC(C)CC(C)(C)C)c2cc(C)cc(C(C)(C)C)c2O)c(O)c(C(C)(C)C)c1. The zero-order chi connectivity index (χ0) is 25.5. The van der Waals surface area contributed by atoms with Crippen LogP contribution in [0.5, 0.6) is 11.5 Å². The van der Waals surface area contributed by atoms with Gasteiger partial charge in [-0.05, 0) is 60.0 Å². The number of hydrogen-bond donors (Lipinski definition) is 2. The molecule has 0 aliphatic carbocycles. The maximum atomic E-state index is 11.5. The first kappa shape index (κ1) is 27.3. The molecule has 2 nitrogen and oxygen atoms in total. The fourth-order valence-corrected chi connectivity index (χ4v) is 5.24. The first-order valence-corrected chi connectivity index (χ1v) is 12.5. The molecule has 2 rings (SSSR count). The Morgan fingerprint density at radius 2 is 1.03 bits per heavy atom. The highest BCUT2D eigenvalue weighted by Crippen LogP contribution is 2.47. The molecular formula is C31H48O2. The fraction of sp³-hybridized carbons (Fsp3) is 0.613. The average molecular weight is 453 g/mol. The van der Waals surface area contributed by atoms with Crippen molar-refractivity contribution in [1.29, 1.82) is 0 Å². The molecule has 0 amide bonds. The predicted octanol–water partition coefficient (Wildman–Crippen LogP) is 8.90. The van der Waals surface area contributed by atoms with Crippen molar-refractivity contribution >= 4 is 0 Å². The van der Waals surface area contributed by atoms with E-state index < -0.39 is 0 Å². The lowest BCUT2D eigenvalue weighted by atomic mass is 9.74. The summed E-state index contributed by atoms with van der Waals surface area (Å²) >= 11 is 0. The molecule has 0 bridgehead atoms. The molecule has 0 radical (unpaired) electrons. The van der Waals surface area contributed by atoms with Crippen LogP contribution in [0.2, 0.25) is 0 Å². The van der Waals surface area contributed by atoms with E-state index in [4.69, 9.17) is 0 Å². The second-order valence-electron chi connectivity index (χ2n) is 13.7. The minimum absolute atomic E-state index is 0.0793. The van der Waals surface area contributed by atoms with E-state index >= 15 is 0 Å². The summed E-state index contributed by atoms with van der Waals surface area (Å²) < 4.78 is 0. The molecule has 0 fully saturated rings. The van der Waals surface area contributed by atoms with E-state index in [-0.39, 0.29) is 22.2 Å². The summed E-state index contributed by atoms with van der Waals surface area (Å²) in [6, 6.07) is 8.45. The Hall–Kier alpha value is -1.96. The summed E-state index contributed by atoms with van der Waals surface area (Å²) in [4.78, 5) is 0. The van der Waals surface area contributed by atoms with Crippen LogP contribution in [0.25, 0.3) is 0 Å². The maximum Gasteiger partial charge on any atom is 0.123 e. The Kier molecular flexibility index (Phi) is 7.73. The Balaban J connectivity index is 2.81. The number of rotatable bonds is 5. The molecule has 184 valence electrons. The van der Waals surface area contributed by atoms with E-state index in [1.807, 2.05) is 0 Å². The molecule has 0 spiro atoms. The molecule has 0 saturated heterocycles.